The second kappa shape index (κ2) is 6.70. The lowest BCUT2D eigenvalue weighted by atomic mass is 10.2. The predicted molar refractivity (Wildman–Crippen MR) is 98.5 cm³/mol. The normalized spacial score (nSPS) is 16.0. The van der Waals surface area contributed by atoms with Crippen molar-refractivity contribution in [1.29, 1.82) is 0 Å². The highest BCUT2D eigenvalue weighted by Gasteiger charge is 2.26. The molecule has 0 bridgehead atoms. The molecule has 6 heteroatoms. The average Bonchev–Trinajstić information content (AvgIpc) is 3.21. The number of halogens is 1. The SMILES string of the molecule is O=C(c1cc2ccccc2o1)N1CC[NH+](Cc2ccc(Br)s2)CC1. The van der Waals surface area contributed by atoms with E-state index in [1.807, 2.05) is 35.2 Å². The first-order valence-electron chi connectivity index (χ1n) is 8.05. The number of piperazine rings is 1. The van der Waals surface area contributed by atoms with E-state index in [0.29, 0.717) is 5.76 Å². The minimum absolute atomic E-state index is 0.00381. The third kappa shape index (κ3) is 3.27. The van der Waals surface area contributed by atoms with E-state index in [1.54, 1.807) is 11.3 Å². The van der Waals surface area contributed by atoms with Crippen LogP contribution in [0.4, 0.5) is 0 Å². The Labute approximate surface area is 152 Å². The van der Waals surface area contributed by atoms with Crippen molar-refractivity contribution in [3.05, 3.63) is 56.9 Å². The molecule has 0 spiro atoms. The molecule has 0 saturated carbocycles. The number of rotatable bonds is 3. The minimum Gasteiger partial charge on any atom is -0.451 e. The number of carbonyl (C=O) groups is 1. The highest BCUT2D eigenvalue weighted by Crippen LogP contribution is 2.22. The number of hydrogen-bond donors (Lipinski definition) is 1. The zero-order chi connectivity index (χ0) is 16.5. The molecule has 1 amide bonds. The maximum absolute atomic E-state index is 12.7. The van der Waals surface area contributed by atoms with Crippen LogP contribution >= 0.6 is 27.3 Å². The van der Waals surface area contributed by atoms with Crippen molar-refractivity contribution in [3.63, 3.8) is 0 Å². The molecule has 3 heterocycles. The summed E-state index contributed by atoms with van der Waals surface area (Å²) in [7, 11) is 0. The summed E-state index contributed by atoms with van der Waals surface area (Å²) in [5.74, 6) is 0.450. The van der Waals surface area contributed by atoms with Crippen LogP contribution in [0.5, 0.6) is 0 Å². The summed E-state index contributed by atoms with van der Waals surface area (Å²) >= 11 is 5.30. The molecule has 1 aromatic carbocycles. The molecule has 0 atom stereocenters. The first-order valence-corrected chi connectivity index (χ1v) is 9.65. The lowest BCUT2D eigenvalue weighted by molar-refractivity contribution is -0.917. The van der Waals surface area contributed by atoms with Crippen molar-refractivity contribution < 1.29 is 14.1 Å². The smallest absolute Gasteiger partial charge is 0.290 e. The van der Waals surface area contributed by atoms with E-state index in [1.165, 1.54) is 13.6 Å². The fraction of sp³-hybridized carbons (Fsp3) is 0.278. The van der Waals surface area contributed by atoms with Gasteiger partial charge in [0.2, 0.25) is 0 Å². The molecule has 1 N–H and O–H groups in total. The number of thiophene rings is 1. The molecule has 1 saturated heterocycles. The summed E-state index contributed by atoms with van der Waals surface area (Å²) in [6.45, 7) is 4.53. The van der Waals surface area contributed by atoms with Crippen LogP contribution in [-0.2, 0) is 6.54 Å². The van der Waals surface area contributed by atoms with Crippen molar-refractivity contribution in [2.45, 2.75) is 6.54 Å². The lowest BCUT2D eigenvalue weighted by Crippen LogP contribution is -3.13. The number of fused-ring (bicyclic) bond motifs is 1. The van der Waals surface area contributed by atoms with Crippen LogP contribution in [0.1, 0.15) is 15.4 Å². The zero-order valence-corrected chi connectivity index (χ0v) is 15.5. The number of nitrogens with zero attached hydrogens (tertiary/aromatic N) is 1. The molecule has 0 unspecified atom stereocenters. The molecule has 0 aliphatic carbocycles. The number of hydrogen-bond acceptors (Lipinski definition) is 3. The van der Waals surface area contributed by atoms with Gasteiger partial charge in [-0.05, 0) is 40.2 Å². The number of amides is 1. The third-order valence-electron chi connectivity index (χ3n) is 4.45. The topological polar surface area (TPSA) is 37.9 Å². The van der Waals surface area contributed by atoms with E-state index in [4.69, 9.17) is 4.42 Å². The zero-order valence-electron chi connectivity index (χ0n) is 13.1. The quantitative estimate of drug-likeness (QED) is 0.727. The summed E-state index contributed by atoms with van der Waals surface area (Å²) in [5.41, 5.74) is 0.772. The summed E-state index contributed by atoms with van der Waals surface area (Å²) in [6.07, 6.45) is 0. The number of nitrogens with one attached hydrogen (secondary N) is 1. The van der Waals surface area contributed by atoms with Crippen molar-refractivity contribution >= 4 is 44.1 Å². The Kier molecular flexibility index (Phi) is 4.43. The van der Waals surface area contributed by atoms with Gasteiger partial charge in [-0.25, -0.2) is 0 Å². The van der Waals surface area contributed by atoms with E-state index >= 15 is 0 Å². The molecule has 0 radical (unpaired) electrons. The highest BCUT2D eigenvalue weighted by atomic mass is 79.9. The fourth-order valence-corrected chi connectivity index (χ4v) is 4.69. The fourth-order valence-electron chi connectivity index (χ4n) is 3.14. The van der Waals surface area contributed by atoms with Crippen LogP contribution in [-0.4, -0.2) is 37.0 Å². The number of benzene rings is 1. The van der Waals surface area contributed by atoms with Gasteiger partial charge in [0, 0.05) is 5.39 Å². The van der Waals surface area contributed by atoms with E-state index < -0.39 is 0 Å². The molecule has 1 aliphatic heterocycles. The highest BCUT2D eigenvalue weighted by molar-refractivity contribution is 9.11. The number of carbonyl (C=O) groups excluding carboxylic acids is 1. The molecule has 4 rings (SSSR count). The lowest BCUT2D eigenvalue weighted by Gasteiger charge is -2.31. The van der Waals surface area contributed by atoms with Crippen molar-refractivity contribution in [3.8, 4) is 0 Å². The van der Waals surface area contributed by atoms with Gasteiger partial charge in [-0.15, -0.1) is 11.3 Å². The molecule has 1 fully saturated rings. The van der Waals surface area contributed by atoms with Gasteiger partial charge in [0.25, 0.3) is 5.91 Å². The predicted octanol–water partition coefficient (Wildman–Crippen LogP) is 2.80. The van der Waals surface area contributed by atoms with E-state index in [9.17, 15) is 4.79 Å². The van der Waals surface area contributed by atoms with E-state index in [2.05, 4.69) is 28.1 Å². The Morgan fingerprint density at radius 1 is 1.21 bits per heavy atom. The molecule has 3 aromatic rings. The Morgan fingerprint density at radius 2 is 2.00 bits per heavy atom. The van der Waals surface area contributed by atoms with Gasteiger partial charge in [0.1, 0.15) is 12.1 Å². The third-order valence-corrected chi connectivity index (χ3v) is 6.07. The van der Waals surface area contributed by atoms with Gasteiger partial charge in [-0.3, -0.25) is 4.79 Å². The average molecular weight is 406 g/mol. The second-order valence-corrected chi connectivity index (χ2v) is 8.62. The van der Waals surface area contributed by atoms with Crippen LogP contribution < -0.4 is 4.90 Å². The Bertz CT molecular complexity index is 832. The van der Waals surface area contributed by atoms with Crippen LogP contribution in [0.2, 0.25) is 0 Å². The first-order chi connectivity index (χ1) is 11.7. The minimum atomic E-state index is 0.00381. The van der Waals surface area contributed by atoms with Gasteiger partial charge >= 0.3 is 0 Å². The molecular weight excluding hydrogens is 388 g/mol. The Balaban J connectivity index is 1.39. The number of furan rings is 1. The van der Waals surface area contributed by atoms with Gasteiger partial charge in [0.05, 0.1) is 34.8 Å². The van der Waals surface area contributed by atoms with Crippen LogP contribution in [0.15, 0.2) is 50.7 Å². The van der Waals surface area contributed by atoms with Crippen LogP contribution in [0.3, 0.4) is 0 Å². The Morgan fingerprint density at radius 3 is 2.71 bits per heavy atom. The van der Waals surface area contributed by atoms with Gasteiger partial charge in [-0.2, -0.15) is 0 Å². The first kappa shape index (κ1) is 15.9. The largest absolute Gasteiger partial charge is 0.451 e. The van der Waals surface area contributed by atoms with Gasteiger partial charge in [0.15, 0.2) is 5.76 Å². The standard InChI is InChI=1S/C18H17BrN2O2S/c19-17-6-5-14(24-17)12-20-7-9-21(10-8-20)18(22)16-11-13-3-1-2-4-15(13)23-16/h1-6,11H,7-10,12H2/p+1. The number of para-hydroxylation sites is 1. The van der Waals surface area contributed by atoms with Crippen LogP contribution in [0, 0.1) is 0 Å². The molecule has 1 aliphatic rings. The van der Waals surface area contributed by atoms with E-state index in [-0.39, 0.29) is 5.91 Å². The second-order valence-electron chi connectivity index (χ2n) is 6.07. The van der Waals surface area contributed by atoms with Gasteiger partial charge in [-0.1, -0.05) is 18.2 Å². The summed E-state index contributed by atoms with van der Waals surface area (Å²) in [4.78, 5) is 17.5. The summed E-state index contributed by atoms with van der Waals surface area (Å²) < 4.78 is 6.88. The maximum atomic E-state index is 12.7. The molecule has 4 nitrogen and oxygen atoms in total. The number of quaternary nitrogens is 1. The molecule has 24 heavy (non-hydrogen) atoms. The molecular formula is C18H18BrN2O2S+. The summed E-state index contributed by atoms with van der Waals surface area (Å²) in [6, 6.07) is 13.9. The van der Waals surface area contributed by atoms with Crippen molar-refractivity contribution in [2.75, 3.05) is 26.2 Å². The summed E-state index contributed by atoms with van der Waals surface area (Å²) in [5, 5.41) is 0.980. The van der Waals surface area contributed by atoms with Crippen molar-refractivity contribution in [2.24, 2.45) is 0 Å². The molecule has 124 valence electrons. The molecule has 2 aromatic heterocycles. The van der Waals surface area contributed by atoms with Gasteiger partial charge < -0.3 is 14.2 Å². The van der Waals surface area contributed by atoms with E-state index in [0.717, 1.165) is 43.7 Å². The van der Waals surface area contributed by atoms with Crippen LogP contribution in [0.25, 0.3) is 11.0 Å². The maximum Gasteiger partial charge on any atom is 0.290 e. The monoisotopic (exact) mass is 405 g/mol. The Hall–Kier alpha value is -1.63. The van der Waals surface area contributed by atoms with Crippen molar-refractivity contribution in [1.82, 2.24) is 4.90 Å².